The molecule has 1 N–H and O–H groups in total. The third kappa shape index (κ3) is 2.44. The first kappa shape index (κ1) is 10.7. The molecule has 1 saturated carbocycles. The summed E-state index contributed by atoms with van der Waals surface area (Å²) in [6.45, 7) is 2.96. The maximum Gasteiger partial charge on any atom is 0.110 e. The molecule has 0 bridgehead atoms. The SMILES string of the molecule is c1csc(C(NCC2CCOC2)C2CC2)n1. The van der Waals surface area contributed by atoms with Crippen LogP contribution < -0.4 is 5.32 Å². The zero-order valence-electron chi connectivity index (χ0n) is 9.39. The quantitative estimate of drug-likeness (QED) is 0.854. The van der Waals surface area contributed by atoms with Crippen molar-refractivity contribution in [2.45, 2.75) is 25.3 Å². The Hall–Kier alpha value is -0.450. The van der Waals surface area contributed by atoms with Crippen LogP contribution in [-0.2, 0) is 4.74 Å². The summed E-state index contributed by atoms with van der Waals surface area (Å²) in [4.78, 5) is 4.45. The molecular formula is C12H18N2OS. The van der Waals surface area contributed by atoms with Gasteiger partial charge in [0.05, 0.1) is 12.6 Å². The Kier molecular flexibility index (Phi) is 3.22. The lowest BCUT2D eigenvalue weighted by Gasteiger charge is -2.18. The average molecular weight is 238 g/mol. The molecule has 0 aromatic carbocycles. The second-order valence-electron chi connectivity index (χ2n) is 4.82. The second-order valence-corrected chi connectivity index (χ2v) is 5.75. The molecule has 2 heterocycles. The van der Waals surface area contributed by atoms with E-state index >= 15 is 0 Å². The van der Waals surface area contributed by atoms with E-state index in [9.17, 15) is 0 Å². The van der Waals surface area contributed by atoms with Crippen molar-refractivity contribution < 1.29 is 4.74 Å². The van der Waals surface area contributed by atoms with Gasteiger partial charge >= 0.3 is 0 Å². The molecular weight excluding hydrogens is 220 g/mol. The van der Waals surface area contributed by atoms with Crippen molar-refractivity contribution >= 4 is 11.3 Å². The van der Waals surface area contributed by atoms with Gasteiger partial charge in [-0.2, -0.15) is 0 Å². The molecule has 1 aromatic rings. The molecule has 1 aliphatic heterocycles. The summed E-state index contributed by atoms with van der Waals surface area (Å²) >= 11 is 1.78. The summed E-state index contributed by atoms with van der Waals surface area (Å²) in [5, 5.41) is 7.03. The zero-order chi connectivity index (χ0) is 10.8. The number of nitrogens with one attached hydrogen (secondary N) is 1. The summed E-state index contributed by atoms with van der Waals surface area (Å²) < 4.78 is 5.40. The van der Waals surface area contributed by atoms with Gasteiger partial charge in [0.2, 0.25) is 0 Å². The Morgan fingerprint density at radius 2 is 2.44 bits per heavy atom. The summed E-state index contributed by atoms with van der Waals surface area (Å²) in [6.07, 6.45) is 5.84. The van der Waals surface area contributed by atoms with E-state index in [0.717, 1.165) is 25.7 Å². The van der Waals surface area contributed by atoms with Crippen molar-refractivity contribution in [3.05, 3.63) is 16.6 Å². The van der Waals surface area contributed by atoms with E-state index in [1.807, 2.05) is 6.20 Å². The Bertz CT molecular complexity index is 318. The lowest BCUT2D eigenvalue weighted by Crippen LogP contribution is -2.28. The highest BCUT2D eigenvalue weighted by atomic mass is 32.1. The van der Waals surface area contributed by atoms with Crippen LogP contribution in [0.25, 0.3) is 0 Å². The summed E-state index contributed by atoms with van der Waals surface area (Å²) in [5.41, 5.74) is 0. The highest BCUT2D eigenvalue weighted by molar-refractivity contribution is 7.09. The van der Waals surface area contributed by atoms with Gasteiger partial charge in [-0.3, -0.25) is 0 Å². The topological polar surface area (TPSA) is 34.1 Å². The van der Waals surface area contributed by atoms with Gasteiger partial charge in [-0.15, -0.1) is 11.3 Å². The Balaban J connectivity index is 1.57. The Labute approximate surface area is 100 Å². The predicted octanol–water partition coefficient (Wildman–Crippen LogP) is 2.22. The first-order chi connectivity index (χ1) is 7.93. The minimum absolute atomic E-state index is 0.501. The van der Waals surface area contributed by atoms with E-state index in [0.29, 0.717) is 12.0 Å². The van der Waals surface area contributed by atoms with E-state index in [1.165, 1.54) is 24.3 Å². The first-order valence-electron chi connectivity index (χ1n) is 6.14. The standard InChI is InChI=1S/C12H18N2OS/c1-2-10(1)11(12-13-4-6-16-12)14-7-9-3-5-15-8-9/h4,6,9-11,14H,1-3,5,7-8H2. The van der Waals surface area contributed by atoms with E-state index in [-0.39, 0.29) is 0 Å². The summed E-state index contributed by atoms with van der Waals surface area (Å²) in [5.74, 6) is 1.54. The van der Waals surface area contributed by atoms with Crippen LogP contribution in [0, 0.1) is 11.8 Å². The number of ether oxygens (including phenoxy) is 1. The zero-order valence-corrected chi connectivity index (χ0v) is 10.2. The average Bonchev–Trinajstić information content (AvgIpc) is 2.83. The van der Waals surface area contributed by atoms with E-state index in [4.69, 9.17) is 4.74 Å². The van der Waals surface area contributed by atoms with E-state index in [2.05, 4.69) is 15.7 Å². The molecule has 88 valence electrons. The monoisotopic (exact) mass is 238 g/mol. The fraction of sp³-hybridized carbons (Fsp3) is 0.750. The molecule has 2 fully saturated rings. The van der Waals surface area contributed by atoms with Gasteiger partial charge in [0.15, 0.2) is 0 Å². The molecule has 2 aliphatic rings. The van der Waals surface area contributed by atoms with Crippen molar-refractivity contribution in [2.75, 3.05) is 19.8 Å². The third-order valence-electron chi connectivity index (χ3n) is 3.46. The third-order valence-corrected chi connectivity index (χ3v) is 4.32. The van der Waals surface area contributed by atoms with Crippen molar-refractivity contribution in [1.29, 1.82) is 0 Å². The molecule has 2 unspecified atom stereocenters. The maximum absolute atomic E-state index is 5.40. The number of thiazole rings is 1. The molecule has 1 saturated heterocycles. The Morgan fingerprint density at radius 1 is 1.50 bits per heavy atom. The molecule has 3 nitrogen and oxygen atoms in total. The van der Waals surface area contributed by atoms with Gasteiger partial charge in [-0.1, -0.05) is 0 Å². The normalized spacial score (nSPS) is 27.1. The number of nitrogens with zero attached hydrogens (tertiary/aromatic N) is 1. The van der Waals surface area contributed by atoms with Crippen LogP contribution in [0.1, 0.15) is 30.3 Å². The molecule has 0 spiro atoms. The van der Waals surface area contributed by atoms with Crippen LogP contribution in [0.2, 0.25) is 0 Å². The summed E-state index contributed by atoms with van der Waals surface area (Å²) in [7, 11) is 0. The minimum atomic E-state index is 0.501. The second kappa shape index (κ2) is 4.82. The van der Waals surface area contributed by atoms with Crippen LogP contribution in [-0.4, -0.2) is 24.7 Å². The lowest BCUT2D eigenvalue weighted by atomic mass is 10.1. The molecule has 16 heavy (non-hydrogen) atoms. The van der Waals surface area contributed by atoms with E-state index in [1.54, 1.807) is 11.3 Å². The highest BCUT2D eigenvalue weighted by Crippen LogP contribution is 2.41. The molecule has 1 aliphatic carbocycles. The van der Waals surface area contributed by atoms with Crippen LogP contribution in [0.15, 0.2) is 11.6 Å². The molecule has 1 aromatic heterocycles. The Morgan fingerprint density at radius 3 is 3.06 bits per heavy atom. The number of rotatable bonds is 5. The van der Waals surface area contributed by atoms with Gasteiger partial charge < -0.3 is 10.1 Å². The van der Waals surface area contributed by atoms with Crippen LogP contribution in [0.5, 0.6) is 0 Å². The first-order valence-corrected chi connectivity index (χ1v) is 7.02. The largest absolute Gasteiger partial charge is 0.381 e. The smallest absolute Gasteiger partial charge is 0.110 e. The number of aromatic nitrogens is 1. The maximum atomic E-state index is 5.40. The fourth-order valence-corrected chi connectivity index (χ4v) is 3.12. The van der Waals surface area contributed by atoms with Crippen LogP contribution >= 0.6 is 11.3 Å². The van der Waals surface area contributed by atoms with Gasteiger partial charge in [0.25, 0.3) is 0 Å². The fourth-order valence-electron chi connectivity index (χ4n) is 2.31. The van der Waals surface area contributed by atoms with Crippen molar-refractivity contribution in [2.24, 2.45) is 11.8 Å². The highest BCUT2D eigenvalue weighted by Gasteiger charge is 2.34. The number of hydrogen-bond acceptors (Lipinski definition) is 4. The van der Waals surface area contributed by atoms with Gasteiger partial charge in [0.1, 0.15) is 5.01 Å². The molecule has 4 heteroatoms. The van der Waals surface area contributed by atoms with E-state index < -0.39 is 0 Å². The lowest BCUT2D eigenvalue weighted by molar-refractivity contribution is 0.184. The summed E-state index contributed by atoms with van der Waals surface area (Å²) in [6, 6.07) is 0.501. The number of hydrogen-bond donors (Lipinski definition) is 1. The minimum Gasteiger partial charge on any atom is -0.381 e. The van der Waals surface area contributed by atoms with Crippen LogP contribution in [0.4, 0.5) is 0 Å². The molecule has 3 rings (SSSR count). The van der Waals surface area contributed by atoms with Crippen molar-refractivity contribution in [3.8, 4) is 0 Å². The van der Waals surface area contributed by atoms with Gasteiger partial charge in [0, 0.05) is 24.7 Å². The van der Waals surface area contributed by atoms with Gasteiger partial charge in [-0.05, 0) is 31.1 Å². The molecule has 0 amide bonds. The van der Waals surface area contributed by atoms with Crippen molar-refractivity contribution in [3.63, 3.8) is 0 Å². The van der Waals surface area contributed by atoms with Gasteiger partial charge in [-0.25, -0.2) is 4.98 Å². The van der Waals surface area contributed by atoms with Crippen LogP contribution in [0.3, 0.4) is 0 Å². The predicted molar refractivity (Wildman–Crippen MR) is 64.5 cm³/mol. The molecule has 0 radical (unpaired) electrons. The molecule has 2 atom stereocenters. The van der Waals surface area contributed by atoms with Crippen molar-refractivity contribution in [1.82, 2.24) is 10.3 Å².